The molecule has 0 unspecified atom stereocenters. The van der Waals surface area contributed by atoms with Crippen LogP contribution in [0.2, 0.25) is 0 Å². The van der Waals surface area contributed by atoms with Crippen molar-refractivity contribution in [2.45, 2.75) is 19.3 Å². The van der Waals surface area contributed by atoms with Gasteiger partial charge in [-0.05, 0) is 24.4 Å². The Kier molecular flexibility index (Phi) is 6.81. The third-order valence-corrected chi connectivity index (χ3v) is 1.48. The maximum absolute atomic E-state index is 10.5. The van der Waals surface area contributed by atoms with E-state index in [9.17, 15) is 4.79 Å². The molecule has 0 aliphatic rings. The molecule has 3 heteroatoms. The summed E-state index contributed by atoms with van der Waals surface area (Å²) in [6.45, 7) is 4.21. The van der Waals surface area contributed by atoms with Gasteiger partial charge in [-0.1, -0.05) is 19.8 Å². The molecule has 0 saturated heterocycles. The number of carbonyl (C=O) groups excluding carboxylic acids is 1. The summed E-state index contributed by atoms with van der Waals surface area (Å²) >= 11 is 1.11. The first-order chi connectivity index (χ1) is 4.81. The van der Waals surface area contributed by atoms with Crippen LogP contribution in [0.5, 0.6) is 0 Å². The summed E-state index contributed by atoms with van der Waals surface area (Å²) in [5.74, 6) is 0. The number of unbranched alkanes of at least 4 members (excludes halogenated alkanes) is 2. The maximum atomic E-state index is 10.5. The van der Waals surface area contributed by atoms with Crippen LogP contribution in [0, 0.1) is 6.92 Å². The average molecular weight is 161 g/mol. The van der Waals surface area contributed by atoms with Crippen molar-refractivity contribution in [3.63, 3.8) is 0 Å². The van der Waals surface area contributed by atoms with Gasteiger partial charge in [-0.25, -0.2) is 4.79 Å². The van der Waals surface area contributed by atoms with Crippen molar-refractivity contribution in [2.24, 2.45) is 0 Å². The summed E-state index contributed by atoms with van der Waals surface area (Å²) < 4.78 is 4.79. The number of hydrogen-bond donors (Lipinski definition) is 0. The zero-order valence-electron chi connectivity index (χ0n) is 6.26. The Balaban J connectivity index is 2.96. The zero-order valence-corrected chi connectivity index (χ0v) is 7.08. The summed E-state index contributed by atoms with van der Waals surface area (Å²) in [5.41, 5.74) is 0. The van der Waals surface area contributed by atoms with Gasteiger partial charge in [0.25, 0.3) is 0 Å². The second-order valence-corrected chi connectivity index (χ2v) is 2.60. The first-order valence-electron chi connectivity index (χ1n) is 3.31. The topological polar surface area (TPSA) is 26.3 Å². The van der Waals surface area contributed by atoms with Gasteiger partial charge in [0.1, 0.15) is 0 Å². The van der Waals surface area contributed by atoms with Gasteiger partial charge < -0.3 is 4.74 Å². The van der Waals surface area contributed by atoms with E-state index >= 15 is 0 Å². The molecule has 10 heavy (non-hydrogen) atoms. The lowest BCUT2D eigenvalue weighted by Gasteiger charge is -1.99. The first-order valence-corrected chi connectivity index (χ1v) is 4.53. The van der Waals surface area contributed by atoms with Gasteiger partial charge in [0.05, 0.1) is 6.61 Å². The molecule has 0 amide bonds. The third-order valence-electron chi connectivity index (χ3n) is 1.03. The minimum absolute atomic E-state index is 0.191. The highest BCUT2D eigenvalue weighted by atomic mass is 32.2. The van der Waals surface area contributed by atoms with Crippen LogP contribution < -0.4 is 0 Å². The van der Waals surface area contributed by atoms with E-state index in [1.807, 2.05) is 0 Å². The largest absolute Gasteiger partial charge is 0.458 e. The molecule has 0 aliphatic heterocycles. The number of hydrogen-bond acceptors (Lipinski definition) is 3. The standard InChI is InChI=1S/C7H13O2S/c1-3-4-5-6-9-7(8)10-2/h1,3-6H2,2H3. The quantitative estimate of drug-likeness (QED) is 0.468. The van der Waals surface area contributed by atoms with Crippen molar-refractivity contribution >= 4 is 17.1 Å². The Hall–Kier alpha value is -0.180. The van der Waals surface area contributed by atoms with Gasteiger partial charge in [0.15, 0.2) is 0 Å². The molecule has 0 aliphatic carbocycles. The van der Waals surface area contributed by atoms with Gasteiger partial charge in [0, 0.05) is 0 Å². The minimum Gasteiger partial charge on any atom is -0.458 e. The van der Waals surface area contributed by atoms with E-state index in [0.29, 0.717) is 6.61 Å². The highest BCUT2D eigenvalue weighted by Gasteiger charge is 1.96. The van der Waals surface area contributed by atoms with E-state index in [1.165, 1.54) is 0 Å². The molecule has 0 spiro atoms. The van der Waals surface area contributed by atoms with E-state index in [0.717, 1.165) is 31.0 Å². The van der Waals surface area contributed by atoms with Crippen molar-refractivity contribution in [3.8, 4) is 0 Å². The van der Waals surface area contributed by atoms with Crippen LogP contribution in [-0.2, 0) is 4.74 Å². The molecule has 0 saturated carbocycles. The Morgan fingerprint density at radius 3 is 2.80 bits per heavy atom. The van der Waals surface area contributed by atoms with E-state index in [2.05, 4.69) is 6.92 Å². The van der Waals surface area contributed by atoms with Crippen LogP contribution in [-0.4, -0.2) is 18.2 Å². The van der Waals surface area contributed by atoms with Crippen LogP contribution in [0.1, 0.15) is 19.3 Å². The normalized spacial score (nSPS) is 9.40. The first kappa shape index (κ1) is 9.82. The molecule has 0 heterocycles. The van der Waals surface area contributed by atoms with Crippen LogP contribution in [0.3, 0.4) is 0 Å². The van der Waals surface area contributed by atoms with E-state index < -0.39 is 0 Å². The van der Waals surface area contributed by atoms with Crippen molar-refractivity contribution in [3.05, 3.63) is 6.92 Å². The minimum atomic E-state index is -0.191. The van der Waals surface area contributed by atoms with Crippen molar-refractivity contribution in [2.75, 3.05) is 12.9 Å². The lowest BCUT2D eigenvalue weighted by atomic mass is 10.3. The summed E-state index contributed by atoms with van der Waals surface area (Å²) in [4.78, 5) is 10.5. The number of rotatable bonds is 4. The highest BCUT2D eigenvalue weighted by molar-refractivity contribution is 8.12. The lowest BCUT2D eigenvalue weighted by Crippen LogP contribution is -1.98. The van der Waals surface area contributed by atoms with Crippen LogP contribution in [0.15, 0.2) is 0 Å². The molecule has 59 valence electrons. The molecule has 0 aromatic carbocycles. The summed E-state index contributed by atoms with van der Waals surface area (Å²) in [6.07, 6.45) is 4.58. The van der Waals surface area contributed by atoms with Crippen LogP contribution in [0.4, 0.5) is 4.79 Å². The van der Waals surface area contributed by atoms with Crippen molar-refractivity contribution in [1.29, 1.82) is 0 Å². The van der Waals surface area contributed by atoms with Gasteiger partial charge in [-0.3, -0.25) is 0 Å². The number of thioether (sulfide) groups is 1. The Morgan fingerprint density at radius 1 is 1.60 bits per heavy atom. The zero-order chi connectivity index (χ0) is 7.82. The number of carbonyl (C=O) groups is 1. The highest BCUT2D eigenvalue weighted by Crippen LogP contribution is 2.01. The van der Waals surface area contributed by atoms with E-state index in [-0.39, 0.29) is 5.30 Å². The number of ether oxygens (including phenoxy) is 1. The Bertz CT molecular complexity index is 93.6. The van der Waals surface area contributed by atoms with Gasteiger partial charge >= 0.3 is 5.30 Å². The molecule has 0 fully saturated rings. The summed E-state index contributed by atoms with van der Waals surface area (Å²) in [6, 6.07) is 0. The predicted octanol–water partition coefficient (Wildman–Crippen LogP) is 2.49. The molecule has 0 N–H and O–H groups in total. The van der Waals surface area contributed by atoms with Crippen LogP contribution in [0.25, 0.3) is 0 Å². The van der Waals surface area contributed by atoms with Crippen LogP contribution >= 0.6 is 11.8 Å². The fourth-order valence-electron chi connectivity index (χ4n) is 0.493. The summed E-state index contributed by atoms with van der Waals surface area (Å²) in [7, 11) is 0. The molecule has 0 bridgehead atoms. The predicted molar refractivity (Wildman–Crippen MR) is 44.1 cm³/mol. The lowest BCUT2D eigenvalue weighted by molar-refractivity contribution is 0.173. The molecular weight excluding hydrogens is 148 g/mol. The average Bonchev–Trinajstić information content (AvgIpc) is 1.98. The molecule has 0 atom stereocenters. The Morgan fingerprint density at radius 2 is 2.30 bits per heavy atom. The maximum Gasteiger partial charge on any atom is 0.367 e. The fourth-order valence-corrected chi connectivity index (χ4v) is 0.694. The molecule has 0 aromatic heterocycles. The third kappa shape index (κ3) is 5.95. The van der Waals surface area contributed by atoms with Gasteiger partial charge in [-0.15, -0.1) is 0 Å². The smallest absolute Gasteiger partial charge is 0.367 e. The molecule has 0 aromatic rings. The molecule has 2 nitrogen and oxygen atoms in total. The SMILES string of the molecule is [CH2]CCCCOC(=O)SC. The van der Waals surface area contributed by atoms with E-state index in [4.69, 9.17) is 4.74 Å². The van der Waals surface area contributed by atoms with E-state index in [1.54, 1.807) is 6.26 Å². The monoisotopic (exact) mass is 161 g/mol. The second kappa shape index (κ2) is 6.93. The van der Waals surface area contributed by atoms with Gasteiger partial charge in [-0.2, -0.15) is 0 Å². The Labute approximate surface area is 66.3 Å². The summed E-state index contributed by atoms with van der Waals surface area (Å²) in [5, 5.41) is -0.191. The molecule has 0 rings (SSSR count). The second-order valence-electron chi connectivity index (χ2n) is 1.86. The molecule has 1 radical (unpaired) electrons. The fraction of sp³-hybridized carbons (Fsp3) is 0.714. The van der Waals surface area contributed by atoms with Crippen molar-refractivity contribution < 1.29 is 9.53 Å². The molecular formula is C7H13O2S. The van der Waals surface area contributed by atoms with Gasteiger partial charge in [0.2, 0.25) is 0 Å². The van der Waals surface area contributed by atoms with Crippen molar-refractivity contribution in [1.82, 2.24) is 0 Å².